The van der Waals surface area contributed by atoms with Crippen molar-refractivity contribution < 1.29 is 4.74 Å². The molecule has 8 heteroatoms. The Morgan fingerprint density at radius 2 is 1.31 bits per heavy atom. The van der Waals surface area contributed by atoms with Gasteiger partial charge in [0.2, 0.25) is 0 Å². The van der Waals surface area contributed by atoms with Crippen LogP contribution in [0.3, 0.4) is 0 Å². The molecule has 32 heavy (non-hydrogen) atoms. The van der Waals surface area contributed by atoms with Crippen molar-refractivity contribution in [2.45, 2.75) is 109 Å². The molecule has 0 saturated heterocycles. The van der Waals surface area contributed by atoms with Gasteiger partial charge in [-0.25, -0.2) is 14.0 Å². The predicted octanol–water partition coefficient (Wildman–Crippen LogP) is 7.98. The highest BCUT2D eigenvalue weighted by atomic mass is 32.1. The van der Waals surface area contributed by atoms with Crippen molar-refractivity contribution in [2.24, 2.45) is 31.7 Å². The normalized spacial score (nSPS) is 27.3. The fraction of sp³-hybridized carbons (Fsp3) is 0.875. The lowest BCUT2D eigenvalue weighted by atomic mass is 9.70. The van der Waals surface area contributed by atoms with Crippen molar-refractivity contribution >= 4 is 60.7 Å². The van der Waals surface area contributed by atoms with Crippen molar-refractivity contribution in [3.8, 4) is 0 Å². The van der Waals surface area contributed by atoms with Crippen LogP contribution in [-0.2, 0) is 4.74 Å². The molecule has 0 amide bonds. The van der Waals surface area contributed by atoms with Crippen LogP contribution in [0.2, 0.25) is 6.04 Å². The van der Waals surface area contributed by atoms with Gasteiger partial charge >= 0.3 is 8.56 Å². The molecule has 0 bridgehead atoms. The third kappa shape index (κ3) is 9.83. The lowest BCUT2D eigenvalue weighted by molar-refractivity contribution is 0.00715. The van der Waals surface area contributed by atoms with Crippen LogP contribution in [0.1, 0.15) is 96.8 Å². The van der Waals surface area contributed by atoms with Gasteiger partial charge in [0.25, 0.3) is 0 Å². The van der Waals surface area contributed by atoms with E-state index in [2.05, 4.69) is 36.4 Å². The molecule has 2 aliphatic rings. The minimum absolute atomic E-state index is 0.384. The van der Waals surface area contributed by atoms with Crippen LogP contribution in [0, 0.1) is 17.8 Å². The monoisotopic (exact) mass is 509 g/mol. The number of rotatable bonds is 14. The number of hydrogen-bond donors (Lipinski definition) is 0. The Morgan fingerprint density at radius 3 is 1.84 bits per heavy atom. The van der Waals surface area contributed by atoms with E-state index < -0.39 is 8.56 Å². The molecule has 4 nitrogen and oxygen atoms in total. The summed E-state index contributed by atoms with van der Waals surface area (Å²) in [6, 6.07) is 0.640. The van der Waals surface area contributed by atoms with Gasteiger partial charge in [0, 0.05) is 12.7 Å². The maximum atomic E-state index is 6.19. The van der Waals surface area contributed by atoms with Crippen molar-refractivity contribution in [3.63, 3.8) is 0 Å². The van der Waals surface area contributed by atoms with Gasteiger partial charge in [0.15, 0.2) is 0 Å². The molecule has 0 aromatic rings. The van der Waals surface area contributed by atoms with E-state index in [4.69, 9.17) is 41.4 Å². The smallest absolute Gasteiger partial charge is 0.378 e. The second kappa shape index (κ2) is 16.2. The van der Waals surface area contributed by atoms with Crippen molar-refractivity contribution in [2.75, 3.05) is 6.61 Å². The standard InChI is InChI=1S/C24H39N3OS3Si/c1-2-3-4-5-7-21-8-10-22(11-9-21)23-12-14-24(15-13-23)28-16-6-17-32(25-18-29,26-19-30)27-20-31/h21-24H,2-17H2,1H3. The van der Waals surface area contributed by atoms with Crippen LogP contribution in [-0.4, -0.2) is 36.8 Å². The fourth-order valence-electron chi connectivity index (χ4n) is 5.56. The van der Waals surface area contributed by atoms with E-state index in [1.165, 1.54) is 83.5 Å². The first-order valence-corrected chi connectivity index (χ1v) is 15.8. The molecule has 2 fully saturated rings. The summed E-state index contributed by atoms with van der Waals surface area (Å²) in [4.78, 5) is 0. The summed E-state index contributed by atoms with van der Waals surface area (Å²) in [7, 11) is -2.79. The molecule has 0 spiro atoms. The Labute approximate surface area is 212 Å². The molecule has 0 heterocycles. The SMILES string of the molecule is CCCCCCC1CCC(C2CCC(OCCC[Si](N=C=S)(N=C=S)N=C=S)CC2)CC1. The number of ether oxygens (including phenoxy) is 1. The van der Waals surface area contributed by atoms with Crippen LogP contribution in [0.15, 0.2) is 14.0 Å². The van der Waals surface area contributed by atoms with E-state index in [1.54, 1.807) is 0 Å². The van der Waals surface area contributed by atoms with Crippen LogP contribution < -0.4 is 0 Å². The third-order valence-corrected chi connectivity index (χ3v) is 10.6. The summed E-state index contributed by atoms with van der Waals surface area (Å²) >= 11 is 14.3. The Kier molecular flexibility index (Phi) is 14.1. The summed E-state index contributed by atoms with van der Waals surface area (Å²) < 4.78 is 18.7. The van der Waals surface area contributed by atoms with Crippen LogP contribution in [0.5, 0.6) is 0 Å². The number of nitrogens with zero attached hydrogens (tertiary/aromatic N) is 3. The minimum Gasteiger partial charge on any atom is -0.378 e. The number of unbranched alkanes of at least 4 members (excludes halogenated alkanes) is 3. The summed E-state index contributed by atoms with van der Waals surface area (Å²) in [5.74, 6) is 2.88. The molecule has 0 unspecified atom stereocenters. The van der Waals surface area contributed by atoms with Crippen LogP contribution in [0.25, 0.3) is 0 Å². The molecular formula is C24H39N3OS3Si. The topological polar surface area (TPSA) is 46.3 Å². The average Bonchev–Trinajstić information content (AvgIpc) is 2.81. The maximum Gasteiger partial charge on any atom is 0.461 e. The molecule has 0 radical (unpaired) electrons. The molecular weight excluding hydrogens is 471 g/mol. The first kappa shape index (κ1) is 27.8. The molecule has 0 N–H and O–H groups in total. The summed E-state index contributed by atoms with van der Waals surface area (Å²) in [5.41, 5.74) is 0. The number of hydrogen-bond acceptors (Lipinski definition) is 7. The Morgan fingerprint density at radius 1 is 0.750 bits per heavy atom. The third-order valence-electron chi connectivity index (χ3n) is 7.43. The van der Waals surface area contributed by atoms with E-state index in [1.807, 2.05) is 0 Å². The van der Waals surface area contributed by atoms with E-state index in [0.29, 0.717) is 18.8 Å². The van der Waals surface area contributed by atoms with E-state index >= 15 is 0 Å². The van der Waals surface area contributed by atoms with Gasteiger partial charge in [-0.15, -0.1) is 0 Å². The molecule has 2 saturated carbocycles. The minimum atomic E-state index is -2.79. The summed E-state index contributed by atoms with van der Waals surface area (Å²) in [6.45, 7) is 2.98. The zero-order chi connectivity index (χ0) is 23.1. The number of thiocarbonyl (C=S) groups is 3. The molecule has 0 aromatic carbocycles. The molecule has 0 aliphatic heterocycles. The van der Waals surface area contributed by atoms with Gasteiger partial charge in [-0.3, -0.25) is 0 Å². The van der Waals surface area contributed by atoms with Gasteiger partial charge in [-0.1, -0.05) is 51.9 Å². The summed E-state index contributed by atoms with van der Waals surface area (Å²) in [6.07, 6.45) is 19.2. The second-order valence-electron chi connectivity index (χ2n) is 9.52. The van der Waals surface area contributed by atoms with Gasteiger partial charge < -0.3 is 4.74 Å². The highest BCUT2D eigenvalue weighted by molar-refractivity contribution is 7.78. The van der Waals surface area contributed by atoms with Crippen molar-refractivity contribution in [1.29, 1.82) is 0 Å². The lowest BCUT2D eigenvalue weighted by Gasteiger charge is -2.38. The predicted molar refractivity (Wildman–Crippen MR) is 146 cm³/mol. The van der Waals surface area contributed by atoms with E-state index in [-0.39, 0.29) is 0 Å². The Hall–Kier alpha value is -0.423. The van der Waals surface area contributed by atoms with Crippen LogP contribution >= 0.6 is 36.7 Å². The maximum absolute atomic E-state index is 6.19. The molecule has 0 atom stereocenters. The number of isothiocyanates is 3. The van der Waals surface area contributed by atoms with Crippen molar-refractivity contribution in [3.05, 3.63) is 0 Å². The van der Waals surface area contributed by atoms with E-state index in [9.17, 15) is 0 Å². The van der Waals surface area contributed by atoms with Gasteiger partial charge in [-0.05, 0) is 99.4 Å². The Balaban J connectivity index is 1.64. The molecule has 178 valence electrons. The van der Waals surface area contributed by atoms with Gasteiger partial charge in [0.05, 0.1) is 21.6 Å². The summed E-state index contributed by atoms with van der Waals surface area (Å²) in [5, 5.41) is 7.17. The van der Waals surface area contributed by atoms with Crippen molar-refractivity contribution in [1.82, 2.24) is 0 Å². The van der Waals surface area contributed by atoms with Crippen LogP contribution in [0.4, 0.5) is 0 Å². The quantitative estimate of drug-likeness (QED) is 0.103. The highest BCUT2D eigenvalue weighted by Gasteiger charge is 2.34. The average molecular weight is 510 g/mol. The van der Waals surface area contributed by atoms with Gasteiger partial charge in [0.1, 0.15) is 0 Å². The Bertz CT molecular complexity index is 641. The lowest BCUT2D eigenvalue weighted by Crippen LogP contribution is -2.30. The zero-order valence-electron chi connectivity index (χ0n) is 19.6. The molecule has 2 aliphatic carbocycles. The van der Waals surface area contributed by atoms with E-state index in [0.717, 1.165) is 24.2 Å². The fourth-order valence-corrected chi connectivity index (χ4v) is 8.41. The first-order chi connectivity index (χ1) is 15.7. The molecule has 0 aromatic heterocycles. The highest BCUT2D eigenvalue weighted by Crippen LogP contribution is 2.41. The second-order valence-corrected chi connectivity index (χ2v) is 12.8. The zero-order valence-corrected chi connectivity index (χ0v) is 23.0. The largest absolute Gasteiger partial charge is 0.461 e. The molecule has 2 rings (SSSR count). The van der Waals surface area contributed by atoms with Gasteiger partial charge in [-0.2, -0.15) is 0 Å². The first-order valence-electron chi connectivity index (χ1n) is 12.5.